The number of esters is 1. The molecule has 110 valence electrons. The van der Waals surface area contributed by atoms with E-state index in [4.69, 9.17) is 14.2 Å². The van der Waals surface area contributed by atoms with Gasteiger partial charge in [-0.1, -0.05) is 0 Å². The Kier molecular flexibility index (Phi) is 4.73. The van der Waals surface area contributed by atoms with Gasteiger partial charge in [-0.25, -0.2) is 14.8 Å². The van der Waals surface area contributed by atoms with Gasteiger partial charge >= 0.3 is 5.97 Å². The van der Waals surface area contributed by atoms with Gasteiger partial charge in [-0.2, -0.15) is 0 Å². The van der Waals surface area contributed by atoms with E-state index in [1.54, 1.807) is 6.07 Å². The van der Waals surface area contributed by atoms with E-state index >= 15 is 0 Å². The van der Waals surface area contributed by atoms with E-state index in [1.807, 2.05) is 18.7 Å². The van der Waals surface area contributed by atoms with Gasteiger partial charge < -0.3 is 19.1 Å². The van der Waals surface area contributed by atoms with Crippen LogP contribution in [0.5, 0.6) is 5.88 Å². The molecule has 0 N–H and O–H groups in total. The first kappa shape index (κ1) is 14.5. The second kappa shape index (κ2) is 6.51. The Balaban J connectivity index is 2.08. The lowest BCUT2D eigenvalue weighted by Gasteiger charge is -2.32. The number of nitrogens with zero attached hydrogens (tertiary/aromatic N) is 3. The summed E-state index contributed by atoms with van der Waals surface area (Å²) in [5.74, 6) is 0.862. The maximum atomic E-state index is 11.5. The molecule has 0 saturated carbocycles. The number of methoxy groups -OCH3 is 1. The molecule has 0 bridgehead atoms. The lowest BCUT2D eigenvalue weighted by atomic mass is 10.2. The first-order chi connectivity index (χ1) is 9.60. The lowest BCUT2D eigenvalue weighted by molar-refractivity contribution is -0.154. The van der Waals surface area contributed by atoms with Crippen molar-refractivity contribution in [3.8, 4) is 5.88 Å². The second-order valence-electron chi connectivity index (χ2n) is 4.71. The minimum Gasteiger partial charge on any atom is -0.475 e. The largest absolute Gasteiger partial charge is 0.475 e. The Morgan fingerprint density at radius 2 is 2.30 bits per heavy atom. The summed E-state index contributed by atoms with van der Waals surface area (Å²) in [6.45, 7) is 5.38. The van der Waals surface area contributed by atoms with Crippen molar-refractivity contribution in [2.75, 3.05) is 31.7 Å². The van der Waals surface area contributed by atoms with Gasteiger partial charge in [0.15, 0.2) is 6.10 Å². The molecule has 0 spiro atoms. The third-order valence-electron chi connectivity index (χ3n) is 2.84. The van der Waals surface area contributed by atoms with Crippen LogP contribution in [0.4, 0.5) is 5.82 Å². The molecule has 7 nitrogen and oxygen atoms in total. The SMILES string of the molecule is COC(=O)C1CN(c2cc(OC(C)C)ncn2)CCO1. The summed E-state index contributed by atoms with van der Waals surface area (Å²) in [6, 6.07) is 1.76. The van der Waals surface area contributed by atoms with Crippen LogP contribution in [0.3, 0.4) is 0 Å². The van der Waals surface area contributed by atoms with Crippen molar-refractivity contribution in [3.05, 3.63) is 12.4 Å². The van der Waals surface area contributed by atoms with E-state index in [2.05, 4.69) is 9.97 Å². The molecule has 0 aromatic carbocycles. The van der Waals surface area contributed by atoms with Crippen LogP contribution in [0.2, 0.25) is 0 Å². The Labute approximate surface area is 117 Å². The van der Waals surface area contributed by atoms with Crippen LogP contribution in [0.25, 0.3) is 0 Å². The first-order valence-electron chi connectivity index (χ1n) is 6.53. The third kappa shape index (κ3) is 3.57. The van der Waals surface area contributed by atoms with Crippen molar-refractivity contribution in [1.29, 1.82) is 0 Å². The Morgan fingerprint density at radius 1 is 1.50 bits per heavy atom. The number of ether oxygens (including phenoxy) is 3. The Morgan fingerprint density at radius 3 is 3.00 bits per heavy atom. The normalized spacial score (nSPS) is 19.0. The molecule has 2 heterocycles. The summed E-state index contributed by atoms with van der Waals surface area (Å²) in [6.07, 6.45) is 0.916. The number of carbonyl (C=O) groups excluding carboxylic acids is 1. The fourth-order valence-electron chi connectivity index (χ4n) is 1.94. The highest BCUT2D eigenvalue weighted by Crippen LogP contribution is 2.19. The molecule has 20 heavy (non-hydrogen) atoms. The molecule has 1 aliphatic heterocycles. The van der Waals surface area contributed by atoms with Gasteiger partial charge in [-0.15, -0.1) is 0 Å². The zero-order valence-electron chi connectivity index (χ0n) is 11.9. The van der Waals surface area contributed by atoms with Gasteiger partial charge in [0.2, 0.25) is 5.88 Å². The number of hydrogen-bond acceptors (Lipinski definition) is 7. The quantitative estimate of drug-likeness (QED) is 0.750. The monoisotopic (exact) mass is 281 g/mol. The lowest BCUT2D eigenvalue weighted by Crippen LogP contribution is -2.46. The average molecular weight is 281 g/mol. The highest BCUT2D eigenvalue weighted by atomic mass is 16.6. The summed E-state index contributed by atoms with van der Waals surface area (Å²) >= 11 is 0. The Hall–Kier alpha value is -1.89. The maximum Gasteiger partial charge on any atom is 0.336 e. The van der Waals surface area contributed by atoms with Crippen LogP contribution >= 0.6 is 0 Å². The molecule has 2 rings (SSSR count). The molecule has 1 aliphatic rings. The van der Waals surface area contributed by atoms with Crippen molar-refractivity contribution in [2.24, 2.45) is 0 Å². The molecule has 1 saturated heterocycles. The van der Waals surface area contributed by atoms with Gasteiger partial charge in [0.25, 0.3) is 0 Å². The van der Waals surface area contributed by atoms with Crippen LogP contribution < -0.4 is 9.64 Å². The summed E-state index contributed by atoms with van der Waals surface area (Å²) in [5.41, 5.74) is 0. The van der Waals surface area contributed by atoms with Crippen molar-refractivity contribution >= 4 is 11.8 Å². The molecule has 0 amide bonds. The van der Waals surface area contributed by atoms with Gasteiger partial charge in [0.05, 0.1) is 26.4 Å². The van der Waals surface area contributed by atoms with Crippen molar-refractivity contribution < 1.29 is 19.0 Å². The molecule has 7 heteroatoms. The summed E-state index contributed by atoms with van der Waals surface area (Å²) < 4.78 is 15.6. The van der Waals surface area contributed by atoms with Gasteiger partial charge in [0, 0.05) is 12.6 Å². The maximum absolute atomic E-state index is 11.5. The standard InChI is InChI=1S/C13H19N3O4/c1-9(2)20-12-6-11(14-8-15-12)16-4-5-19-10(7-16)13(17)18-3/h6,8-10H,4-5,7H2,1-3H3. The fraction of sp³-hybridized carbons (Fsp3) is 0.615. The minimum atomic E-state index is -0.585. The predicted molar refractivity (Wildman–Crippen MR) is 71.8 cm³/mol. The molecule has 1 fully saturated rings. The van der Waals surface area contributed by atoms with E-state index in [9.17, 15) is 4.79 Å². The van der Waals surface area contributed by atoms with E-state index in [-0.39, 0.29) is 12.1 Å². The molecule has 1 atom stereocenters. The van der Waals surface area contributed by atoms with Crippen LogP contribution in [0.15, 0.2) is 12.4 Å². The van der Waals surface area contributed by atoms with Crippen molar-refractivity contribution in [2.45, 2.75) is 26.1 Å². The molecule has 1 aromatic rings. The number of rotatable bonds is 4. The topological polar surface area (TPSA) is 73.8 Å². The molecular weight excluding hydrogens is 262 g/mol. The van der Waals surface area contributed by atoms with Gasteiger partial charge in [-0.3, -0.25) is 0 Å². The predicted octanol–water partition coefficient (Wildman–Crippen LogP) is 0.642. The molecule has 0 radical (unpaired) electrons. The van der Waals surface area contributed by atoms with Crippen LogP contribution in [0.1, 0.15) is 13.8 Å². The highest BCUT2D eigenvalue weighted by Gasteiger charge is 2.28. The van der Waals surface area contributed by atoms with Crippen LogP contribution in [0, 0.1) is 0 Å². The molecule has 0 aliphatic carbocycles. The first-order valence-corrected chi connectivity index (χ1v) is 6.53. The highest BCUT2D eigenvalue weighted by molar-refractivity contribution is 5.75. The number of anilines is 1. The van der Waals surface area contributed by atoms with Crippen LogP contribution in [-0.2, 0) is 14.3 Å². The van der Waals surface area contributed by atoms with E-state index in [0.717, 1.165) is 0 Å². The van der Waals surface area contributed by atoms with Crippen molar-refractivity contribution in [3.63, 3.8) is 0 Å². The minimum absolute atomic E-state index is 0.0465. The molecular formula is C13H19N3O4. The zero-order valence-corrected chi connectivity index (χ0v) is 11.9. The summed E-state index contributed by atoms with van der Waals surface area (Å²) in [5, 5.41) is 0. The zero-order chi connectivity index (χ0) is 14.5. The number of aromatic nitrogens is 2. The van der Waals surface area contributed by atoms with E-state index in [0.29, 0.717) is 31.4 Å². The van der Waals surface area contributed by atoms with E-state index < -0.39 is 6.10 Å². The smallest absolute Gasteiger partial charge is 0.336 e. The number of hydrogen-bond donors (Lipinski definition) is 0. The van der Waals surface area contributed by atoms with Crippen LogP contribution in [-0.4, -0.2) is 55.0 Å². The van der Waals surface area contributed by atoms with Gasteiger partial charge in [-0.05, 0) is 13.8 Å². The molecule has 1 aromatic heterocycles. The molecule has 1 unspecified atom stereocenters. The number of morpholine rings is 1. The van der Waals surface area contributed by atoms with Gasteiger partial charge in [0.1, 0.15) is 12.1 Å². The van der Waals surface area contributed by atoms with Crippen molar-refractivity contribution in [1.82, 2.24) is 9.97 Å². The second-order valence-corrected chi connectivity index (χ2v) is 4.71. The van der Waals surface area contributed by atoms with E-state index in [1.165, 1.54) is 13.4 Å². The fourth-order valence-corrected chi connectivity index (χ4v) is 1.94. The third-order valence-corrected chi connectivity index (χ3v) is 2.84. The summed E-state index contributed by atoms with van der Waals surface area (Å²) in [4.78, 5) is 21.8. The Bertz CT molecular complexity index is 467. The summed E-state index contributed by atoms with van der Waals surface area (Å²) in [7, 11) is 1.35. The number of carbonyl (C=O) groups is 1. The average Bonchev–Trinajstić information content (AvgIpc) is 2.46.